The van der Waals surface area contributed by atoms with Gasteiger partial charge in [0.15, 0.2) is 11.5 Å². The molecule has 2 aromatic carbocycles. The predicted molar refractivity (Wildman–Crippen MR) is 85.8 cm³/mol. The molecule has 1 N–H and O–H groups in total. The first-order valence-corrected chi connectivity index (χ1v) is 6.99. The van der Waals surface area contributed by atoms with Crippen LogP contribution in [0.15, 0.2) is 48.7 Å². The quantitative estimate of drug-likeness (QED) is 0.799. The molecular weight excluding hydrogens is 278 g/mol. The molecule has 0 bridgehead atoms. The lowest BCUT2D eigenvalue weighted by Gasteiger charge is -2.12. The first-order valence-electron chi connectivity index (χ1n) is 6.99. The molecule has 0 saturated carbocycles. The molecule has 4 heteroatoms. The molecule has 0 saturated heterocycles. The smallest absolute Gasteiger partial charge is 0.164 e. The number of phenols is 1. The van der Waals surface area contributed by atoms with E-state index in [0.717, 1.165) is 22.0 Å². The van der Waals surface area contributed by atoms with Crippen LogP contribution in [0.4, 0.5) is 0 Å². The third-order valence-corrected chi connectivity index (χ3v) is 3.70. The number of aromatic nitrogens is 1. The van der Waals surface area contributed by atoms with Gasteiger partial charge in [-0.2, -0.15) is 0 Å². The summed E-state index contributed by atoms with van der Waals surface area (Å²) >= 11 is 0. The Morgan fingerprint density at radius 3 is 2.50 bits per heavy atom. The molecule has 0 aliphatic carbocycles. The number of hydrogen-bond acceptors (Lipinski definition) is 4. The highest BCUT2D eigenvalue weighted by atomic mass is 16.5. The molecule has 3 rings (SSSR count). The molecule has 112 valence electrons. The SMILES string of the molecule is COc1cc(O)c(Cc2nccc3ccccc23)cc1OC. The molecule has 22 heavy (non-hydrogen) atoms. The third-order valence-electron chi connectivity index (χ3n) is 3.70. The second kappa shape index (κ2) is 5.93. The fourth-order valence-corrected chi connectivity index (χ4v) is 2.56. The summed E-state index contributed by atoms with van der Waals surface area (Å²) in [6.07, 6.45) is 2.31. The number of nitrogens with zero attached hydrogens (tertiary/aromatic N) is 1. The molecule has 3 aromatic rings. The number of hydrogen-bond donors (Lipinski definition) is 1. The van der Waals surface area contributed by atoms with Gasteiger partial charge in [0.2, 0.25) is 0 Å². The van der Waals surface area contributed by atoms with Crippen LogP contribution in [0.1, 0.15) is 11.3 Å². The van der Waals surface area contributed by atoms with Crippen molar-refractivity contribution in [2.75, 3.05) is 14.2 Å². The summed E-state index contributed by atoms with van der Waals surface area (Å²) in [6, 6.07) is 13.4. The first kappa shape index (κ1) is 14.2. The van der Waals surface area contributed by atoms with Gasteiger partial charge in [-0.1, -0.05) is 24.3 Å². The average molecular weight is 295 g/mol. The van der Waals surface area contributed by atoms with Crippen LogP contribution in [-0.4, -0.2) is 24.3 Å². The highest BCUT2D eigenvalue weighted by molar-refractivity contribution is 5.84. The normalized spacial score (nSPS) is 10.6. The monoisotopic (exact) mass is 295 g/mol. The number of methoxy groups -OCH3 is 2. The summed E-state index contributed by atoms with van der Waals surface area (Å²) in [4.78, 5) is 4.46. The summed E-state index contributed by atoms with van der Waals surface area (Å²) in [6.45, 7) is 0. The summed E-state index contributed by atoms with van der Waals surface area (Å²) in [5.74, 6) is 1.28. The van der Waals surface area contributed by atoms with E-state index in [1.165, 1.54) is 0 Å². The van der Waals surface area contributed by atoms with E-state index in [0.29, 0.717) is 17.9 Å². The van der Waals surface area contributed by atoms with Crippen molar-refractivity contribution < 1.29 is 14.6 Å². The van der Waals surface area contributed by atoms with Crippen molar-refractivity contribution in [1.29, 1.82) is 0 Å². The van der Waals surface area contributed by atoms with Gasteiger partial charge < -0.3 is 14.6 Å². The van der Waals surface area contributed by atoms with Crippen molar-refractivity contribution in [3.05, 3.63) is 59.9 Å². The highest BCUT2D eigenvalue weighted by Crippen LogP contribution is 2.35. The Labute approximate surface area is 129 Å². The summed E-state index contributed by atoms with van der Waals surface area (Å²) in [7, 11) is 3.12. The molecule has 0 fully saturated rings. The Balaban J connectivity index is 2.05. The molecule has 1 aromatic heterocycles. The largest absolute Gasteiger partial charge is 0.508 e. The molecule has 0 aliphatic heterocycles. The molecule has 0 aliphatic rings. The van der Waals surface area contributed by atoms with E-state index in [9.17, 15) is 5.11 Å². The molecule has 0 amide bonds. The Kier molecular flexibility index (Phi) is 3.83. The second-order valence-corrected chi connectivity index (χ2v) is 4.99. The number of fused-ring (bicyclic) bond motifs is 1. The van der Waals surface area contributed by atoms with Crippen molar-refractivity contribution in [3.63, 3.8) is 0 Å². The first-order chi connectivity index (χ1) is 10.7. The van der Waals surface area contributed by atoms with Crippen LogP contribution in [0.25, 0.3) is 10.8 Å². The zero-order chi connectivity index (χ0) is 15.5. The van der Waals surface area contributed by atoms with E-state index in [4.69, 9.17) is 9.47 Å². The minimum Gasteiger partial charge on any atom is -0.508 e. The van der Waals surface area contributed by atoms with E-state index < -0.39 is 0 Å². The van der Waals surface area contributed by atoms with Gasteiger partial charge in [-0.25, -0.2) is 0 Å². The minimum absolute atomic E-state index is 0.174. The molecular formula is C18H17NO3. The molecule has 0 spiro atoms. The van der Waals surface area contributed by atoms with Gasteiger partial charge in [-0.15, -0.1) is 0 Å². The van der Waals surface area contributed by atoms with Crippen molar-refractivity contribution >= 4 is 10.8 Å². The van der Waals surface area contributed by atoms with Crippen LogP contribution in [0.2, 0.25) is 0 Å². The van der Waals surface area contributed by atoms with Crippen LogP contribution in [0, 0.1) is 0 Å². The number of pyridine rings is 1. The Morgan fingerprint density at radius 2 is 1.73 bits per heavy atom. The number of rotatable bonds is 4. The van der Waals surface area contributed by atoms with Gasteiger partial charge in [0, 0.05) is 29.6 Å². The number of phenolic OH excluding ortho intramolecular Hbond substituents is 1. The highest BCUT2D eigenvalue weighted by Gasteiger charge is 2.12. The van der Waals surface area contributed by atoms with Gasteiger partial charge in [0.25, 0.3) is 0 Å². The average Bonchev–Trinajstić information content (AvgIpc) is 2.56. The molecule has 0 atom stereocenters. The topological polar surface area (TPSA) is 51.6 Å². The van der Waals surface area contributed by atoms with Gasteiger partial charge in [-0.05, 0) is 17.5 Å². The predicted octanol–water partition coefficient (Wildman–Crippen LogP) is 3.55. The summed E-state index contributed by atoms with van der Waals surface area (Å²) < 4.78 is 10.5. The molecule has 1 heterocycles. The lowest BCUT2D eigenvalue weighted by atomic mass is 10.0. The Morgan fingerprint density at radius 1 is 1.00 bits per heavy atom. The maximum atomic E-state index is 10.2. The lowest BCUT2D eigenvalue weighted by molar-refractivity contribution is 0.350. The zero-order valence-corrected chi connectivity index (χ0v) is 12.5. The van der Waals surface area contributed by atoms with E-state index in [1.807, 2.05) is 24.3 Å². The molecule has 0 radical (unpaired) electrons. The summed E-state index contributed by atoms with van der Waals surface area (Å²) in [5.41, 5.74) is 1.67. The van der Waals surface area contributed by atoms with Crippen LogP contribution in [-0.2, 0) is 6.42 Å². The minimum atomic E-state index is 0.174. The van der Waals surface area contributed by atoms with Crippen molar-refractivity contribution in [2.24, 2.45) is 0 Å². The van der Waals surface area contributed by atoms with Crippen LogP contribution < -0.4 is 9.47 Å². The number of aromatic hydroxyl groups is 1. The van der Waals surface area contributed by atoms with E-state index >= 15 is 0 Å². The third kappa shape index (κ3) is 2.55. The Bertz CT molecular complexity index is 809. The van der Waals surface area contributed by atoms with Crippen LogP contribution in [0.5, 0.6) is 17.2 Å². The van der Waals surface area contributed by atoms with Gasteiger partial charge in [0.1, 0.15) is 5.75 Å². The Hall–Kier alpha value is -2.75. The van der Waals surface area contributed by atoms with Crippen molar-refractivity contribution in [2.45, 2.75) is 6.42 Å². The molecule has 4 nitrogen and oxygen atoms in total. The van der Waals surface area contributed by atoms with Crippen molar-refractivity contribution in [1.82, 2.24) is 4.98 Å². The lowest BCUT2D eigenvalue weighted by Crippen LogP contribution is -1.97. The summed E-state index contributed by atoms with van der Waals surface area (Å²) in [5, 5.41) is 12.4. The van der Waals surface area contributed by atoms with Gasteiger partial charge in [0.05, 0.1) is 19.9 Å². The fraction of sp³-hybridized carbons (Fsp3) is 0.167. The fourth-order valence-electron chi connectivity index (χ4n) is 2.56. The molecule has 0 unspecified atom stereocenters. The van der Waals surface area contributed by atoms with Gasteiger partial charge in [-0.3, -0.25) is 4.98 Å². The zero-order valence-electron chi connectivity index (χ0n) is 12.5. The van der Waals surface area contributed by atoms with Gasteiger partial charge >= 0.3 is 0 Å². The van der Waals surface area contributed by atoms with E-state index in [-0.39, 0.29) is 5.75 Å². The standard InChI is InChI=1S/C18H17NO3/c1-21-17-10-13(16(20)11-18(17)22-2)9-15-14-6-4-3-5-12(14)7-8-19-15/h3-8,10-11,20H,9H2,1-2H3. The van der Waals surface area contributed by atoms with E-state index in [1.54, 1.807) is 32.5 Å². The van der Waals surface area contributed by atoms with E-state index in [2.05, 4.69) is 11.1 Å². The van der Waals surface area contributed by atoms with Crippen LogP contribution >= 0.6 is 0 Å². The number of ether oxygens (including phenoxy) is 2. The number of benzene rings is 2. The maximum Gasteiger partial charge on any atom is 0.164 e. The van der Waals surface area contributed by atoms with Crippen molar-refractivity contribution in [3.8, 4) is 17.2 Å². The second-order valence-electron chi connectivity index (χ2n) is 4.99. The van der Waals surface area contributed by atoms with Crippen LogP contribution in [0.3, 0.4) is 0 Å². The maximum absolute atomic E-state index is 10.2.